The molecule has 0 fully saturated rings. The van der Waals surface area contributed by atoms with Crippen LogP contribution in [0.3, 0.4) is 0 Å². The minimum atomic E-state index is -0.224. The van der Waals surface area contributed by atoms with E-state index >= 15 is 0 Å². The lowest BCUT2D eigenvalue weighted by Crippen LogP contribution is -2.27. The number of hydrogen-bond donors (Lipinski definition) is 2. The molecule has 2 aromatic carbocycles. The average molecular weight is 325 g/mol. The van der Waals surface area contributed by atoms with Gasteiger partial charge in [0.2, 0.25) is 0 Å². The summed E-state index contributed by atoms with van der Waals surface area (Å²) in [6, 6.07) is 17.9. The molecule has 1 amide bonds. The smallest absolute Gasteiger partial charge is 0.261 e. The van der Waals surface area contributed by atoms with Gasteiger partial charge >= 0.3 is 0 Å². The van der Waals surface area contributed by atoms with Crippen molar-refractivity contribution >= 4 is 11.7 Å². The highest BCUT2D eigenvalue weighted by Gasteiger charge is 2.03. The van der Waals surface area contributed by atoms with Gasteiger partial charge in [0.15, 0.2) is 6.61 Å². The van der Waals surface area contributed by atoms with Crippen LogP contribution in [0.15, 0.2) is 59.8 Å². The summed E-state index contributed by atoms with van der Waals surface area (Å²) in [6.45, 7) is 2.34. The quantitative estimate of drug-likeness (QED) is 0.445. The molecular formula is C19H23N3O2. The predicted octanol–water partition coefficient (Wildman–Crippen LogP) is 2.53. The SMILES string of the molecule is Cc1ccccc1CNC(=O)CO/N=C(\N)CCc1ccccc1. The number of hydrogen-bond acceptors (Lipinski definition) is 3. The Kier molecular flexibility index (Phi) is 6.83. The number of oxime groups is 1. The molecule has 126 valence electrons. The fourth-order valence-electron chi connectivity index (χ4n) is 2.19. The van der Waals surface area contributed by atoms with E-state index in [4.69, 9.17) is 10.6 Å². The number of rotatable bonds is 8. The molecule has 0 aliphatic carbocycles. The first-order chi connectivity index (χ1) is 11.6. The van der Waals surface area contributed by atoms with Crippen LogP contribution in [0.5, 0.6) is 0 Å². The molecule has 0 unspecified atom stereocenters. The van der Waals surface area contributed by atoms with Crippen LogP contribution in [0.1, 0.15) is 23.1 Å². The van der Waals surface area contributed by atoms with Crippen molar-refractivity contribution in [3.05, 3.63) is 71.3 Å². The molecule has 5 nitrogen and oxygen atoms in total. The summed E-state index contributed by atoms with van der Waals surface area (Å²) in [5.41, 5.74) is 9.19. The van der Waals surface area contributed by atoms with E-state index in [0.29, 0.717) is 18.8 Å². The Labute approximate surface area is 142 Å². The van der Waals surface area contributed by atoms with Gasteiger partial charge in [-0.15, -0.1) is 0 Å². The molecule has 0 atom stereocenters. The fourth-order valence-corrected chi connectivity index (χ4v) is 2.19. The molecular weight excluding hydrogens is 302 g/mol. The number of amides is 1. The minimum Gasteiger partial charge on any atom is -0.384 e. The average Bonchev–Trinajstić information content (AvgIpc) is 2.60. The molecule has 0 aliphatic heterocycles. The summed E-state index contributed by atoms with van der Waals surface area (Å²) in [5, 5.41) is 6.58. The topological polar surface area (TPSA) is 76.7 Å². The highest BCUT2D eigenvalue weighted by Crippen LogP contribution is 2.06. The van der Waals surface area contributed by atoms with Crippen molar-refractivity contribution in [2.75, 3.05) is 6.61 Å². The number of nitrogens with two attached hydrogens (primary N) is 1. The summed E-state index contributed by atoms with van der Waals surface area (Å²) in [6.07, 6.45) is 1.38. The minimum absolute atomic E-state index is 0.141. The van der Waals surface area contributed by atoms with Gasteiger partial charge in [-0.1, -0.05) is 59.8 Å². The Hall–Kier alpha value is -2.82. The third kappa shape index (κ3) is 6.12. The maximum absolute atomic E-state index is 11.7. The first-order valence-electron chi connectivity index (χ1n) is 7.94. The number of carbonyl (C=O) groups excluding carboxylic acids is 1. The van der Waals surface area contributed by atoms with Gasteiger partial charge in [-0.3, -0.25) is 4.79 Å². The van der Waals surface area contributed by atoms with E-state index in [0.717, 1.165) is 17.5 Å². The molecule has 2 rings (SSSR count). The van der Waals surface area contributed by atoms with Crippen LogP contribution in [-0.4, -0.2) is 18.3 Å². The first-order valence-corrected chi connectivity index (χ1v) is 7.94. The lowest BCUT2D eigenvalue weighted by Gasteiger charge is -2.07. The number of benzene rings is 2. The monoisotopic (exact) mass is 325 g/mol. The van der Waals surface area contributed by atoms with E-state index in [1.54, 1.807) is 0 Å². The summed E-state index contributed by atoms with van der Waals surface area (Å²) in [7, 11) is 0. The molecule has 0 radical (unpaired) electrons. The largest absolute Gasteiger partial charge is 0.384 e. The zero-order valence-electron chi connectivity index (χ0n) is 13.9. The molecule has 5 heteroatoms. The van der Waals surface area contributed by atoms with E-state index < -0.39 is 0 Å². The number of amidine groups is 1. The van der Waals surface area contributed by atoms with Crippen molar-refractivity contribution < 1.29 is 9.63 Å². The molecule has 0 bridgehead atoms. The van der Waals surface area contributed by atoms with Crippen molar-refractivity contribution in [1.82, 2.24) is 5.32 Å². The lowest BCUT2D eigenvalue weighted by molar-refractivity contribution is -0.125. The molecule has 24 heavy (non-hydrogen) atoms. The van der Waals surface area contributed by atoms with Gasteiger partial charge in [-0.2, -0.15) is 0 Å². The van der Waals surface area contributed by atoms with E-state index in [1.165, 1.54) is 5.56 Å². The second-order valence-corrected chi connectivity index (χ2v) is 5.54. The summed E-state index contributed by atoms with van der Waals surface area (Å²) >= 11 is 0. The van der Waals surface area contributed by atoms with Crippen molar-refractivity contribution in [3.63, 3.8) is 0 Å². The Bertz CT molecular complexity index is 684. The molecule has 0 heterocycles. The van der Waals surface area contributed by atoms with Crippen LogP contribution >= 0.6 is 0 Å². The summed E-state index contributed by atoms with van der Waals surface area (Å²) in [4.78, 5) is 16.8. The lowest BCUT2D eigenvalue weighted by atomic mass is 10.1. The number of aryl methyl sites for hydroxylation is 2. The van der Waals surface area contributed by atoms with Crippen LogP contribution in [-0.2, 0) is 22.6 Å². The normalized spacial score (nSPS) is 11.1. The highest BCUT2D eigenvalue weighted by molar-refractivity contribution is 5.80. The van der Waals surface area contributed by atoms with Crippen molar-refractivity contribution in [3.8, 4) is 0 Å². The molecule has 0 spiro atoms. The second-order valence-electron chi connectivity index (χ2n) is 5.54. The van der Waals surface area contributed by atoms with E-state index in [2.05, 4.69) is 10.5 Å². The van der Waals surface area contributed by atoms with Crippen LogP contribution in [0.2, 0.25) is 0 Å². The molecule has 0 aliphatic rings. The Balaban J connectivity index is 1.67. The van der Waals surface area contributed by atoms with Crippen LogP contribution in [0.25, 0.3) is 0 Å². The van der Waals surface area contributed by atoms with Gasteiger partial charge in [0.25, 0.3) is 5.91 Å². The predicted molar refractivity (Wildman–Crippen MR) is 95.4 cm³/mol. The Morgan fingerprint density at radius 3 is 2.58 bits per heavy atom. The zero-order chi connectivity index (χ0) is 17.2. The van der Waals surface area contributed by atoms with Gasteiger partial charge in [0, 0.05) is 13.0 Å². The van der Waals surface area contributed by atoms with E-state index in [-0.39, 0.29) is 12.5 Å². The first kappa shape index (κ1) is 17.5. The number of carbonyl (C=O) groups is 1. The highest BCUT2D eigenvalue weighted by atomic mass is 16.6. The van der Waals surface area contributed by atoms with Gasteiger partial charge in [0.05, 0.1) is 0 Å². The molecule has 0 saturated carbocycles. The number of nitrogens with one attached hydrogen (secondary N) is 1. The van der Waals surface area contributed by atoms with Gasteiger partial charge in [0.1, 0.15) is 5.84 Å². The van der Waals surface area contributed by atoms with Crippen LogP contribution < -0.4 is 11.1 Å². The van der Waals surface area contributed by atoms with Crippen LogP contribution in [0, 0.1) is 6.92 Å². The third-order valence-electron chi connectivity index (χ3n) is 3.63. The van der Waals surface area contributed by atoms with Crippen LogP contribution in [0.4, 0.5) is 0 Å². The van der Waals surface area contributed by atoms with Gasteiger partial charge in [-0.05, 0) is 30.0 Å². The Morgan fingerprint density at radius 1 is 1.12 bits per heavy atom. The fraction of sp³-hybridized carbons (Fsp3) is 0.263. The van der Waals surface area contributed by atoms with Crippen molar-refractivity contribution in [2.45, 2.75) is 26.3 Å². The summed E-state index contributed by atoms with van der Waals surface area (Å²) in [5.74, 6) is 0.156. The standard InChI is InChI=1S/C19H23N3O2/c1-15-7-5-6-10-17(15)13-21-19(23)14-24-22-18(20)12-11-16-8-3-2-4-9-16/h2-10H,11-14H2,1H3,(H2,20,22)(H,21,23). The maximum atomic E-state index is 11.7. The zero-order valence-corrected chi connectivity index (χ0v) is 13.9. The Morgan fingerprint density at radius 2 is 1.83 bits per heavy atom. The molecule has 0 aromatic heterocycles. The second kappa shape index (κ2) is 9.35. The van der Waals surface area contributed by atoms with Crippen molar-refractivity contribution in [2.24, 2.45) is 10.9 Å². The van der Waals surface area contributed by atoms with Gasteiger partial charge < -0.3 is 15.9 Å². The van der Waals surface area contributed by atoms with E-state index in [1.807, 2.05) is 61.5 Å². The molecule has 2 aromatic rings. The summed E-state index contributed by atoms with van der Waals surface area (Å²) < 4.78 is 0. The van der Waals surface area contributed by atoms with Crippen molar-refractivity contribution in [1.29, 1.82) is 0 Å². The maximum Gasteiger partial charge on any atom is 0.261 e. The third-order valence-corrected chi connectivity index (χ3v) is 3.63. The van der Waals surface area contributed by atoms with Gasteiger partial charge in [-0.25, -0.2) is 0 Å². The van der Waals surface area contributed by atoms with E-state index in [9.17, 15) is 4.79 Å². The number of nitrogens with zero attached hydrogens (tertiary/aromatic N) is 1. The molecule has 0 saturated heterocycles. The molecule has 3 N–H and O–H groups in total.